The number of nitrogens with one attached hydrogen (secondary N) is 4. The Kier molecular flexibility index (Phi) is 12.7. The molecule has 5 atom stereocenters. The molecular weight excluding hydrogens is 833 g/mol. The zero-order valence-electron chi connectivity index (χ0n) is 39.2. The van der Waals surface area contributed by atoms with Gasteiger partial charge in [-0.3, -0.25) is 9.59 Å². The first kappa shape index (κ1) is 45.0. The number of H-pyrrole nitrogens is 2. The number of alkyl carbamates (subject to hydrolysis) is 2. The van der Waals surface area contributed by atoms with Crippen molar-refractivity contribution in [2.45, 2.75) is 128 Å². The lowest BCUT2D eigenvalue weighted by Gasteiger charge is -2.30. The number of benzene rings is 3. The molecule has 4 N–H and O–H groups in total. The summed E-state index contributed by atoms with van der Waals surface area (Å²) in [6.07, 6.45) is 11.8. The summed E-state index contributed by atoms with van der Waals surface area (Å²) in [5.41, 5.74) is 11.8. The van der Waals surface area contributed by atoms with Crippen molar-refractivity contribution in [2.24, 2.45) is 11.8 Å². The van der Waals surface area contributed by atoms with E-state index in [0.717, 1.165) is 84.4 Å². The van der Waals surface area contributed by atoms with Crippen LogP contribution in [0.15, 0.2) is 60.8 Å². The van der Waals surface area contributed by atoms with E-state index < -0.39 is 24.3 Å². The minimum absolute atomic E-state index is 0.0546. The fourth-order valence-corrected chi connectivity index (χ4v) is 11.5. The van der Waals surface area contributed by atoms with Crippen LogP contribution in [0.3, 0.4) is 0 Å². The fraction of sp³-hybridized carbons (Fsp3) is 0.500. The van der Waals surface area contributed by atoms with Gasteiger partial charge in [-0.25, -0.2) is 19.6 Å². The average molecular weight is 897 g/mol. The Morgan fingerprint density at radius 1 is 0.742 bits per heavy atom. The molecule has 3 aromatic carbocycles. The van der Waals surface area contributed by atoms with E-state index in [4.69, 9.17) is 19.4 Å². The van der Waals surface area contributed by atoms with Crippen molar-refractivity contribution in [3.05, 3.63) is 83.6 Å². The number of ether oxygens (including phenoxy) is 2. The second-order valence-electron chi connectivity index (χ2n) is 19.4. The third-order valence-corrected chi connectivity index (χ3v) is 15.2. The van der Waals surface area contributed by atoms with Crippen molar-refractivity contribution < 1.29 is 28.7 Å². The van der Waals surface area contributed by atoms with Crippen LogP contribution >= 0.6 is 0 Å². The molecule has 66 heavy (non-hydrogen) atoms. The number of likely N-dealkylation sites (tertiary alicyclic amines) is 2. The number of hydrogen-bond donors (Lipinski definition) is 4. The molecule has 2 saturated heterocycles. The maximum atomic E-state index is 14.0. The van der Waals surface area contributed by atoms with E-state index in [0.29, 0.717) is 13.1 Å². The number of hydrogen-bond acceptors (Lipinski definition) is 8. The zero-order chi connectivity index (χ0) is 46.3. The molecule has 0 radical (unpaired) electrons. The molecule has 5 aromatic rings. The molecule has 4 amide bonds. The molecule has 14 nitrogen and oxygen atoms in total. The number of methoxy groups -OCH3 is 2. The van der Waals surface area contributed by atoms with Gasteiger partial charge < -0.3 is 39.9 Å². The average Bonchev–Trinajstić information content (AvgIpc) is 4.21. The quantitative estimate of drug-likeness (QED) is 0.0958. The Hall–Kier alpha value is -6.18. The lowest BCUT2D eigenvalue weighted by molar-refractivity contribution is -0.136. The van der Waals surface area contributed by atoms with Gasteiger partial charge in [0.25, 0.3) is 0 Å². The first-order valence-corrected chi connectivity index (χ1v) is 24.1. The molecule has 2 aliphatic carbocycles. The summed E-state index contributed by atoms with van der Waals surface area (Å²) in [5, 5.41) is 5.53. The summed E-state index contributed by atoms with van der Waals surface area (Å²) >= 11 is 0. The van der Waals surface area contributed by atoms with Crippen molar-refractivity contribution >= 4 is 35.0 Å². The van der Waals surface area contributed by atoms with Gasteiger partial charge >= 0.3 is 12.2 Å². The Morgan fingerprint density at radius 2 is 1.35 bits per heavy atom. The van der Waals surface area contributed by atoms with Gasteiger partial charge in [0.15, 0.2) is 0 Å². The summed E-state index contributed by atoms with van der Waals surface area (Å²) in [4.78, 5) is 72.7. The number of aromatic amines is 2. The molecular formula is C52H64N8O6. The van der Waals surface area contributed by atoms with Crippen molar-refractivity contribution in [1.29, 1.82) is 0 Å². The van der Waals surface area contributed by atoms with Crippen molar-refractivity contribution in [3.8, 4) is 33.5 Å². The van der Waals surface area contributed by atoms with Crippen LogP contribution in [-0.2, 0) is 30.9 Å². The Labute approximate surface area is 387 Å². The number of rotatable bonds is 12. The smallest absolute Gasteiger partial charge is 0.407 e. The molecule has 0 bridgehead atoms. The largest absolute Gasteiger partial charge is 0.453 e. The summed E-state index contributed by atoms with van der Waals surface area (Å²) in [6, 6.07) is 18.2. The molecule has 4 heterocycles. The van der Waals surface area contributed by atoms with Gasteiger partial charge in [-0.15, -0.1) is 0 Å². The molecule has 1 spiro atoms. The Bertz CT molecular complexity index is 2610. The van der Waals surface area contributed by atoms with Crippen molar-refractivity contribution in [3.63, 3.8) is 0 Å². The van der Waals surface area contributed by atoms with Crippen LogP contribution in [0, 0.1) is 11.8 Å². The number of aromatic nitrogens is 4. The molecule has 1 saturated carbocycles. The van der Waals surface area contributed by atoms with E-state index in [1.54, 1.807) is 0 Å². The van der Waals surface area contributed by atoms with Crippen LogP contribution in [-0.4, -0.2) is 93.1 Å². The number of carbonyl (C=O) groups is 4. The minimum Gasteiger partial charge on any atom is -0.453 e. The van der Waals surface area contributed by atoms with Crippen LogP contribution in [0.2, 0.25) is 0 Å². The lowest BCUT2D eigenvalue weighted by atomic mass is 9.76. The number of carbonyl (C=O) groups excluding carboxylic acids is 4. The normalized spacial score (nSPS) is 20.2. The summed E-state index contributed by atoms with van der Waals surface area (Å²) in [5.74, 6) is 1.13. The van der Waals surface area contributed by atoms with Gasteiger partial charge in [-0.1, -0.05) is 89.4 Å². The Morgan fingerprint density at radius 3 is 2.00 bits per heavy atom. The first-order valence-electron chi connectivity index (χ1n) is 24.1. The van der Waals surface area contributed by atoms with Crippen molar-refractivity contribution in [1.82, 2.24) is 40.4 Å². The number of nitrogens with zero attached hydrogens (tertiary/aromatic N) is 4. The second-order valence-corrected chi connectivity index (χ2v) is 19.4. The van der Waals surface area contributed by atoms with Crippen LogP contribution in [0.4, 0.5) is 9.59 Å². The molecule has 2 aliphatic heterocycles. The highest BCUT2D eigenvalue weighted by atomic mass is 16.5. The first-order chi connectivity index (χ1) is 31.9. The summed E-state index contributed by atoms with van der Waals surface area (Å²) < 4.78 is 9.68. The van der Waals surface area contributed by atoms with E-state index in [2.05, 4.69) is 75.2 Å². The van der Waals surface area contributed by atoms with Crippen LogP contribution < -0.4 is 10.6 Å². The second kappa shape index (κ2) is 18.6. The van der Waals surface area contributed by atoms with Gasteiger partial charge in [-0.05, 0) is 120 Å². The van der Waals surface area contributed by atoms with E-state index in [1.165, 1.54) is 67.7 Å². The monoisotopic (exact) mass is 896 g/mol. The van der Waals surface area contributed by atoms with Crippen LogP contribution in [0.1, 0.15) is 127 Å². The number of imidazole rings is 2. The molecule has 3 fully saturated rings. The zero-order valence-corrected chi connectivity index (χ0v) is 39.2. The molecule has 2 aromatic heterocycles. The summed E-state index contributed by atoms with van der Waals surface area (Å²) in [6.45, 7) is 9.05. The highest BCUT2D eigenvalue weighted by molar-refractivity contribution is 5.89. The van der Waals surface area contributed by atoms with Crippen LogP contribution in [0.5, 0.6) is 0 Å². The lowest BCUT2D eigenvalue weighted by Crippen LogP contribution is -2.51. The third kappa shape index (κ3) is 8.32. The summed E-state index contributed by atoms with van der Waals surface area (Å²) in [7, 11) is 2.62. The highest BCUT2D eigenvalue weighted by Gasteiger charge is 2.44. The molecule has 14 heteroatoms. The van der Waals surface area contributed by atoms with Gasteiger partial charge in [0.2, 0.25) is 11.8 Å². The molecule has 4 aliphatic rings. The van der Waals surface area contributed by atoms with Gasteiger partial charge in [0.1, 0.15) is 23.7 Å². The van der Waals surface area contributed by atoms with Crippen LogP contribution in [0.25, 0.3) is 44.5 Å². The number of fused-ring (bicyclic) bond motifs is 3. The molecule has 9 rings (SSSR count). The SMILES string of the molecule is CCC(C)[C@H](NC(=O)OC)C(=O)N1CCC[C@H]1c1nc2ccc(-c3ccc(-c4ccc(-c5cnc([C@@H]6CCCN6C(=O)[C@@H](NC(=O)OC)C(C)C)[nH]5)cc4)c4c3CCC43CCCC3)cc2[nH]1. The maximum Gasteiger partial charge on any atom is 0.407 e. The predicted octanol–water partition coefficient (Wildman–Crippen LogP) is 9.52. The van der Waals surface area contributed by atoms with Gasteiger partial charge in [0.05, 0.1) is 49.2 Å². The minimum atomic E-state index is -0.686. The van der Waals surface area contributed by atoms with Crippen molar-refractivity contribution in [2.75, 3.05) is 27.3 Å². The van der Waals surface area contributed by atoms with E-state index in [-0.39, 0.29) is 41.1 Å². The standard InChI is InChI=1S/C52H64N8O6/c1-7-31(4)45(58-51(64)66-6)49(62)60-27-11-13-42(60)47-54-38-21-18-34(28-39(38)55-47)35-19-20-36(43-37(35)22-25-52(43)23-8-9-24-52)32-14-16-33(17-15-32)40-29-53-46(56-40)41-12-10-26-59(41)48(61)44(30(2)3)57-50(63)65-5/h14-21,28-31,41-42,44-45H,7-13,22-27H2,1-6H3,(H,53,56)(H,54,55)(H,57,63)(H,58,64)/t31?,41-,42-,44-,45-/m0/s1. The van der Waals surface area contributed by atoms with E-state index >= 15 is 0 Å². The predicted molar refractivity (Wildman–Crippen MR) is 253 cm³/mol. The van der Waals surface area contributed by atoms with E-state index in [1.807, 2.05) is 43.7 Å². The van der Waals surface area contributed by atoms with Gasteiger partial charge in [0, 0.05) is 13.1 Å². The van der Waals surface area contributed by atoms with Gasteiger partial charge in [-0.2, -0.15) is 0 Å². The maximum absolute atomic E-state index is 14.0. The third-order valence-electron chi connectivity index (χ3n) is 15.2. The fourth-order valence-electron chi connectivity index (χ4n) is 11.5. The van der Waals surface area contributed by atoms with E-state index in [9.17, 15) is 19.2 Å². The number of amides is 4. The highest BCUT2D eigenvalue weighted by Crippen LogP contribution is 2.55. The molecule has 348 valence electrons. The Balaban J connectivity index is 0.972. The topological polar surface area (TPSA) is 175 Å². The molecule has 1 unspecified atom stereocenters.